The Hall–Kier alpha value is -1.40. The van der Waals surface area contributed by atoms with Crippen molar-refractivity contribution in [1.29, 1.82) is 0 Å². The summed E-state index contributed by atoms with van der Waals surface area (Å²) in [4.78, 5) is 11.5. The van der Waals surface area contributed by atoms with Crippen molar-refractivity contribution < 1.29 is 13.2 Å². The summed E-state index contributed by atoms with van der Waals surface area (Å²) in [6.07, 6.45) is 1.02. The van der Waals surface area contributed by atoms with E-state index in [1.54, 1.807) is 25.1 Å². The molecule has 17 heavy (non-hydrogen) atoms. The fourth-order valence-electron chi connectivity index (χ4n) is 1.43. The van der Waals surface area contributed by atoms with Gasteiger partial charge in [-0.15, -0.1) is 0 Å². The van der Waals surface area contributed by atoms with Crippen LogP contribution >= 0.6 is 0 Å². The standard InChI is InChI=1S/C11H16N2O3S/c1-8(12)9-5-3-4-6-10(9)13-11(14)7-17(2,15)16/h3-6,8H,7,12H2,1-2H3,(H,13,14). The van der Waals surface area contributed by atoms with E-state index in [9.17, 15) is 13.2 Å². The smallest absolute Gasteiger partial charge is 0.239 e. The third-order valence-electron chi connectivity index (χ3n) is 2.12. The van der Waals surface area contributed by atoms with E-state index in [-0.39, 0.29) is 6.04 Å². The van der Waals surface area contributed by atoms with Crippen molar-refractivity contribution in [3.8, 4) is 0 Å². The van der Waals surface area contributed by atoms with Gasteiger partial charge >= 0.3 is 0 Å². The second-order valence-electron chi connectivity index (χ2n) is 3.99. The number of rotatable bonds is 4. The highest BCUT2D eigenvalue weighted by Crippen LogP contribution is 2.20. The lowest BCUT2D eigenvalue weighted by Gasteiger charge is -2.13. The molecule has 0 aromatic heterocycles. The Kier molecular flexibility index (Phi) is 4.25. The van der Waals surface area contributed by atoms with E-state index in [4.69, 9.17) is 5.73 Å². The van der Waals surface area contributed by atoms with Crippen LogP contribution in [0.15, 0.2) is 24.3 Å². The minimum absolute atomic E-state index is 0.232. The largest absolute Gasteiger partial charge is 0.325 e. The number of anilines is 1. The lowest BCUT2D eigenvalue weighted by molar-refractivity contribution is -0.113. The lowest BCUT2D eigenvalue weighted by Crippen LogP contribution is -2.23. The lowest BCUT2D eigenvalue weighted by atomic mass is 10.1. The number of sulfone groups is 1. The first-order chi connectivity index (χ1) is 7.79. The molecule has 1 aromatic rings. The number of carbonyl (C=O) groups is 1. The zero-order valence-corrected chi connectivity index (χ0v) is 10.6. The van der Waals surface area contributed by atoms with Crippen LogP contribution in [0.1, 0.15) is 18.5 Å². The highest BCUT2D eigenvalue weighted by Gasteiger charge is 2.13. The number of benzene rings is 1. The van der Waals surface area contributed by atoms with Crippen molar-refractivity contribution >= 4 is 21.4 Å². The zero-order valence-electron chi connectivity index (χ0n) is 9.80. The van der Waals surface area contributed by atoms with Crippen LogP contribution in [0, 0.1) is 0 Å². The van der Waals surface area contributed by atoms with Gasteiger partial charge in [0.25, 0.3) is 0 Å². The highest BCUT2D eigenvalue weighted by molar-refractivity contribution is 7.91. The first-order valence-corrected chi connectivity index (χ1v) is 7.18. The van der Waals surface area contributed by atoms with Crippen LogP contribution in [0.2, 0.25) is 0 Å². The molecule has 5 nitrogen and oxygen atoms in total. The number of hydrogen-bond acceptors (Lipinski definition) is 4. The molecule has 0 fully saturated rings. The molecule has 94 valence electrons. The Morgan fingerprint density at radius 2 is 2.00 bits per heavy atom. The van der Waals surface area contributed by atoms with E-state index >= 15 is 0 Å². The van der Waals surface area contributed by atoms with Gasteiger partial charge in [-0.05, 0) is 18.6 Å². The molecule has 0 aliphatic rings. The van der Waals surface area contributed by atoms with Crippen molar-refractivity contribution in [2.75, 3.05) is 17.3 Å². The third-order valence-corrected chi connectivity index (χ3v) is 2.91. The quantitative estimate of drug-likeness (QED) is 0.829. The second kappa shape index (κ2) is 5.29. The molecule has 0 radical (unpaired) electrons. The summed E-state index contributed by atoms with van der Waals surface area (Å²) in [6, 6.07) is 6.82. The van der Waals surface area contributed by atoms with E-state index in [2.05, 4.69) is 5.32 Å². The summed E-state index contributed by atoms with van der Waals surface area (Å²) < 4.78 is 21.9. The number of carbonyl (C=O) groups excluding carboxylic acids is 1. The number of hydrogen-bond donors (Lipinski definition) is 2. The minimum atomic E-state index is -3.32. The second-order valence-corrected chi connectivity index (χ2v) is 6.13. The first kappa shape index (κ1) is 13.7. The van der Waals surface area contributed by atoms with E-state index < -0.39 is 21.5 Å². The summed E-state index contributed by atoms with van der Waals surface area (Å²) in [7, 11) is -3.32. The molecule has 0 bridgehead atoms. The van der Waals surface area contributed by atoms with Gasteiger partial charge in [0.15, 0.2) is 9.84 Å². The van der Waals surface area contributed by atoms with Gasteiger partial charge in [0.2, 0.25) is 5.91 Å². The maximum atomic E-state index is 11.5. The van der Waals surface area contributed by atoms with Gasteiger partial charge in [-0.25, -0.2) is 8.42 Å². The molecule has 1 amide bonds. The van der Waals surface area contributed by atoms with Crippen molar-refractivity contribution in [3.63, 3.8) is 0 Å². The molecule has 0 aliphatic heterocycles. The minimum Gasteiger partial charge on any atom is -0.325 e. The fraction of sp³-hybridized carbons (Fsp3) is 0.364. The van der Waals surface area contributed by atoms with Crippen LogP contribution in [0.5, 0.6) is 0 Å². The van der Waals surface area contributed by atoms with Crippen LogP contribution in [0.3, 0.4) is 0 Å². The van der Waals surface area contributed by atoms with Crippen molar-refractivity contribution in [2.45, 2.75) is 13.0 Å². The molecule has 6 heteroatoms. The van der Waals surface area contributed by atoms with Crippen LogP contribution in [0.25, 0.3) is 0 Å². The number of amides is 1. The number of nitrogens with one attached hydrogen (secondary N) is 1. The van der Waals surface area contributed by atoms with Gasteiger partial charge in [0.05, 0.1) is 0 Å². The van der Waals surface area contributed by atoms with Gasteiger partial charge < -0.3 is 11.1 Å². The van der Waals surface area contributed by atoms with Crippen LogP contribution < -0.4 is 11.1 Å². The first-order valence-electron chi connectivity index (χ1n) is 5.11. The molecule has 1 unspecified atom stereocenters. The molecule has 1 atom stereocenters. The summed E-state index contributed by atoms with van der Waals surface area (Å²) in [5.41, 5.74) is 7.07. The maximum absolute atomic E-state index is 11.5. The van der Waals surface area contributed by atoms with Crippen molar-refractivity contribution in [3.05, 3.63) is 29.8 Å². The van der Waals surface area contributed by atoms with E-state index in [1.807, 2.05) is 6.07 Å². The number of nitrogens with two attached hydrogens (primary N) is 1. The Morgan fingerprint density at radius 1 is 1.41 bits per heavy atom. The van der Waals surface area contributed by atoms with Crippen molar-refractivity contribution in [1.82, 2.24) is 0 Å². The predicted octanol–water partition coefficient (Wildman–Crippen LogP) is 0.689. The molecule has 3 N–H and O–H groups in total. The summed E-state index contributed by atoms with van der Waals surface area (Å²) in [6.45, 7) is 1.79. The van der Waals surface area contributed by atoms with Gasteiger partial charge in [-0.3, -0.25) is 4.79 Å². The number of para-hydroxylation sites is 1. The third kappa shape index (κ3) is 4.54. The topological polar surface area (TPSA) is 89.3 Å². The Balaban J connectivity index is 2.85. The summed E-state index contributed by atoms with van der Waals surface area (Å²) >= 11 is 0. The van der Waals surface area contributed by atoms with Gasteiger partial charge in [0, 0.05) is 18.0 Å². The Labute approximate surface area is 101 Å². The van der Waals surface area contributed by atoms with Crippen LogP contribution in [-0.2, 0) is 14.6 Å². The fourth-order valence-corrected chi connectivity index (χ4v) is 1.98. The monoisotopic (exact) mass is 256 g/mol. The molecule has 1 aromatic carbocycles. The van der Waals surface area contributed by atoms with Gasteiger partial charge in [-0.2, -0.15) is 0 Å². The van der Waals surface area contributed by atoms with Crippen molar-refractivity contribution in [2.24, 2.45) is 5.73 Å². The van der Waals surface area contributed by atoms with Gasteiger partial charge in [0.1, 0.15) is 5.75 Å². The molecule has 0 saturated heterocycles. The van der Waals surface area contributed by atoms with E-state index in [0.717, 1.165) is 11.8 Å². The Bertz CT molecular complexity index is 509. The summed E-state index contributed by atoms with van der Waals surface area (Å²) in [5, 5.41) is 2.55. The molecular weight excluding hydrogens is 240 g/mol. The normalized spacial score (nSPS) is 13.1. The summed E-state index contributed by atoms with van der Waals surface area (Å²) in [5.74, 6) is -1.08. The van der Waals surface area contributed by atoms with Gasteiger partial charge in [-0.1, -0.05) is 18.2 Å². The predicted molar refractivity (Wildman–Crippen MR) is 67.4 cm³/mol. The molecule has 1 rings (SSSR count). The average Bonchev–Trinajstić information content (AvgIpc) is 2.14. The molecule has 0 heterocycles. The van der Waals surface area contributed by atoms with E-state index in [0.29, 0.717) is 5.69 Å². The molecule has 0 saturated carbocycles. The Morgan fingerprint density at radius 3 is 2.53 bits per heavy atom. The highest BCUT2D eigenvalue weighted by atomic mass is 32.2. The molecular formula is C11H16N2O3S. The van der Waals surface area contributed by atoms with E-state index in [1.165, 1.54) is 0 Å². The van der Waals surface area contributed by atoms with Crippen LogP contribution in [0.4, 0.5) is 5.69 Å². The maximum Gasteiger partial charge on any atom is 0.239 e. The van der Waals surface area contributed by atoms with Crippen LogP contribution in [-0.4, -0.2) is 26.3 Å². The zero-order chi connectivity index (χ0) is 13.1. The molecule has 0 spiro atoms. The molecule has 0 aliphatic carbocycles. The average molecular weight is 256 g/mol. The SMILES string of the molecule is CC(N)c1ccccc1NC(=O)CS(C)(=O)=O.